The summed E-state index contributed by atoms with van der Waals surface area (Å²) >= 11 is 0. The zero-order chi connectivity index (χ0) is 20.1. The van der Waals surface area contributed by atoms with E-state index in [-0.39, 0.29) is 47.3 Å². The molecule has 8 nitrogen and oxygen atoms in total. The van der Waals surface area contributed by atoms with Gasteiger partial charge in [-0.1, -0.05) is 0 Å². The lowest BCUT2D eigenvalue weighted by Crippen LogP contribution is -2.40. The molecule has 0 aliphatic carbocycles. The number of nitrogens with two attached hydrogens (primary N) is 2. The fourth-order valence-electron chi connectivity index (χ4n) is 2.63. The Kier molecular flexibility index (Phi) is 6.81. The Morgan fingerprint density at radius 3 is 2.78 bits per heavy atom. The molecule has 0 fully saturated rings. The van der Waals surface area contributed by atoms with E-state index in [1.54, 1.807) is 0 Å². The van der Waals surface area contributed by atoms with Gasteiger partial charge in [-0.15, -0.1) is 0 Å². The van der Waals surface area contributed by atoms with E-state index in [0.717, 1.165) is 12.1 Å². The number of hydrogen-bond donors (Lipinski definition) is 4. The second-order valence-corrected chi connectivity index (χ2v) is 7.68. The van der Waals surface area contributed by atoms with Crippen molar-refractivity contribution in [3.63, 3.8) is 0 Å². The molecule has 0 radical (unpaired) electrons. The number of nitrogens with zero attached hydrogens (tertiary/aromatic N) is 1. The topological polar surface area (TPSA) is 148 Å². The summed E-state index contributed by atoms with van der Waals surface area (Å²) in [7, 11) is -1.41. The molecule has 27 heavy (non-hydrogen) atoms. The van der Waals surface area contributed by atoms with Gasteiger partial charge >= 0.3 is 0 Å². The molecule has 1 aliphatic heterocycles. The smallest absolute Gasteiger partial charge is 0.271 e. The number of anilines is 1. The van der Waals surface area contributed by atoms with Gasteiger partial charge in [-0.25, -0.2) is 4.39 Å². The molecule has 1 unspecified atom stereocenters. The highest BCUT2D eigenvalue weighted by molar-refractivity contribution is 7.86. The molecule has 1 amide bonds. The summed E-state index contributed by atoms with van der Waals surface area (Å²) in [5.41, 5.74) is 11.4. The maximum absolute atomic E-state index is 14.3. The third kappa shape index (κ3) is 5.20. The van der Waals surface area contributed by atoms with Crippen molar-refractivity contribution in [3.05, 3.63) is 41.4 Å². The molecule has 10 heteroatoms. The van der Waals surface area contributed by atoms with Crippen LogP contribution in [0.1, 0.15) is 24.9 Å². The number of aliphatic hydroxyl groups excluding tert-OH is 1. The molecule has 3 atom stereocenters. The van der Waals surface area contributed by atoms with Crippen LogP contribution in [0.2, 0.25) is 0 Å². The number of allylic oxidation sites excluding steroid dienone is 1. The van der Waals surface area contributed by atoms with Crippen LogP contribution in [0, 0.1) is 5.82 Å². The van der Waals surface area contributed by atoms with E-state index in [1.807, 2.05) is 0 Å². The minimum atomic E-state index is -1.41. The van der Waals surface area contributed by atoms with Crippen LogP contribution >= 0.6 is 0 Å². The van der Waals surface area contributed by atoms with E-state index in [2.05, 4.69) is 10.3 Å². The van der Waals surface area contributed by atoms with Crippen LogP contribution in [0.25, 0.3) is 0 Å². The van der Waals surface area contributed by atoms with Crippen LogP contribution in [-0.2, 0) is 20.4 Å². The Bertz CT molecular complexity index is 840. The predicted octanol–water partition coefficient (Wildman–Crippen LogP) is 0.107. The quantitative estimate of drug-likeness (QED) is 0.502. The van der Waals surface area contributed by atoms with E-state index in [0.29, 0.717) is 0 Å². The average Bonchev–Trinajstić information content (AvgIpc) is 2.59. The lowest BCUT2D eigenvalue weighted by molar-refractivity contribution is -0.115. The maximum Gasteiger partial charge on any atom is 0.271 e. The predicted molar refractivity (Wildman–Crippen MR) is 101 cm³/mol. The number of amidine groups is 1. The van der Waals surface area contributed by atoms with Gasteiger partial charge in [0, 0.05) is 34.7 Å². The number of rotatable bonds is 6. The summed E-state index contributed by atoms with van der Waals surface area (Å²) in [6.45, 7) is 1.08. The van der Waals surface area contributed by atoms with Crippen LogP contribution in [0.15, 0.2) is 35.0 Å². The van der Waals surface area contributed by atoms with Gasteiger partial charge in [-0.05, 0) is 31.5 Å². The largest absolute Gasteiger partial charge is 0.396 e. The van der Waals surface area contributed by atoms with Crippen molar-refractivity contribution in [2.45, 2.75) is 24.6 Å². The van der Waals surface area contributed by atoms with Gasteiger partial charge in [-0.2, -0.15) is 0 Å². The molecular weight excluding hydrogens is 375 g/mol. The van der Waals surface area contributed by atoms with Gasteiger partial charge in [0.2, 0.25) is 0 Å². The third-order valence-electron chi connectivity index (χ3n) is 3.90. The molecule has 1 aliphatic rings. The van der Waals surface area contributed by atoms with Gasteiger partial charge < -0.3 is 21.9 Å². The standard InChI is InChI=1S/C17H21FN4O4S/c1-9(24)6-13(19)17(25)21-10-2-3-12(18)11(7-10)14-8-27(26)15(4-5-23)16(20)22-14/h2-3,6-7,14-15,23H,4-5,8,19H2,1H3,(H2,20,22)(H,21,25)/t14-,15+,27?/m0/s1. The number of halogens is 1. The molecule has 1 aromatic rings. The molecule has 0 saturated carbocycles. The Hall–Kier alpha value is -2.59. The van der Waals surface area contributed by atoms with E-state index >= 15 is 0 Å². The second-order valence-electron chi connectivity index (χ2n) is 6.02. The number of benzene rings is 1. The maximum atomic E-state index is 14.3. The fraction of sp³-hybridized carbons (Fsp3) is 0.353. The monoisotopic (exact) mass is 396 g/mol. The minimum Gasteiger partial charge on any atom is -0.396 e. The number of nitrogens with one attached hydrogen (secondary N) is 1. The molecule has 1 heterocycles. The van der Waals surface area contributed by atoms with Gasteiger partial charge in [0.15, 0.2) is 5.78 Å². The lowest BCUT2D eigenvalue weighted by Gasteiger charge is -2.25. The molecule has 0 saturated heterocycles. The molecular formula is C17H21FN4O4S. The number of ketones is 1. The average molecular weight is 396 g/mol. The van der Waals surface area contributed by atoms with Gasteiger partial charge in [0.25, 0.3) is 5.91 Å². The Morgan fingerprint density at radius 1 is 1.48 bits per heavy atom. The van der Waals surface area contributed by atoms with Crippen molar-refractivity contribution >= 4 is 34.0 Å². The van der Waals surface area contributed by atoms with Crippen LogP contribution in [-0.4, -0.2) is 44.5 Å². The SMILES string of the molecule is CC(=O)C=C(N)C(=O)Nc1ccc(F)c([C@@H]2CS(=O)[C@H](CCO)C(N)=N2)c1. The van der Waals surface area contributed by atoms with Crippen LogP contribution in [0.4, 0.5) is 10.1 Å². The number of aliphatic imine (C=N–C) groups is 1. The molecule has 6 N–H and O–H groups in total. The van der Waals surface area contributed by atoms with Crippen LogP contribution in [0.5, 0.6) is 0 Å². The van der Waals surface area contributed by atoms with Crippen molar-refractivity contribution in [1.29, 1.82) is 0 Å². The summed E-state index contributed by atoms with van der Waals surface area (Å²) in [5, 5.41) is 10.9. The van der Waals surface area contributed by atoms with Crippen LogP contribution in [0.3, 0.4) is 0 Å². The van der Waals surface area contributed by atoms with Crippen molar-refractivity contribution in [2.24, 2.45) is 16.5 Å². The van der Waals surface area contributed by atoms with E-state index in [4.69, 9.17) is 16.6 Å². The summed E-state index contributed by atoms with van der Waals surface area (Å²) in [5.74, 6) is -1.53. The third-order valence-corrected chi connectivity index (χ3v) is 5.66. The first-order chi connectivity index (χ1) is 12.7. The first-order valence-electron chi connectivity index (χ1n) is 8.12. The first kappa shape index (κ1) is 20.7. The molecule has 2 rings (SSSR count). The van der Waals surface area contributed by atoms with Gasteiger partial charge in [-0.3, -0.25) is 18.8 Å². The molecule has 0 bridgehead atoms. The van der Waals surface area contributed by atoms with Crippen molar-refractivity contribution in [1.82, 2.24) is 0 Å². The number of carbonyl (C=O) groups excluding carboxylic acids is 2. The highest BCUT2D eigenvalue weighted by Crippen LogP contribution is 2.29. The van der Waals surface area contributed by atoms with Gasteiger partial charge in [0.05, 0.1) is 17.0 Å². The number of carbonyl (C=O) groups is 2. The fourth-order valence-corrected chi connectivity index (χ4v) is 4.12. The highest BCUT2D eigenvalue weighted by Gasteiger charge is 2.31. The van der Waals surface area contributed by atoms with Crippen molar-refractivity contribution < 1.29 is 23.3 Å². The van der Waals surface area contributed by atoms with E-state index in [1.165, 1.54) is 19.1 Å². The van der Waals surface area contributed by atoms with Crippen molar-refractivity contribution in [2.75, 3.05) is 17.7 Å². The molecule has 146 valence electrons. The van der Waals surface area contributed by atoms with Crippen LogP contribution < -0.4 is 16.8 Å². The zero-order valence-electron chi connectivity index (χ0n) is 14.6. The van der Waals surface area contributed by atoms with Crippen molar-refractivity contribution in [3.8, 4) is 0 Å². The lowest BCUT2D eigenvalue weighted by atomic mass is 10.1. The summed E-state index contributed by atoms with van der Waals surface area (Å²) < 4.78 is 26.6. The number of hydrogen-bond acceptors (Lipinski definition) is 7. The Labute approximate surface area is 158 Å². The summed E-state index contributed by atoms with van der Waals surface area (Å²) in [6, 6.07) is 3.06. The molecule has 0 aromatic heterocycles. The Morgan fingerprint density at radius 2 is 2.19 bits per heavy atom. The van der Waals surface area contributed by atoms with Gasteiger partial charge in [0.1, 0.15) is 17.3 Å². The first-order valence-corrected chi connectivity index (χ1v) is 9.50. The zero-order valence-corrected chi connectivity index (χ0v) is 15.5. The molecule has 1 aromatic carbocycles. The number of amides is 1. The molecule has 0 spiro atoms. The van der Waals surface area contributed by atoms with E-state index < -0.39 is 33.8 Å². The normalized spacial score (nSPS) is 22.9. The van der Waals surface area contributed by atoms with E-state index in [9.17, 15) is 18.2 Å². The highest BCUT2D eigenvalue weighted by atomic mass is 32.2. The Balaban J connectivity index is 2.27. The summed E-state index contributed by atoms with van der Waals surface area (Å²) in [4.78, 5) is 27.2. The summed E-state index contributed by atoms with van der Waals surface area (Å²) in [6.07, 6.45) is 1.20. The minimum absolute atomic E-state index is 0.0477. The number of aliphatic hydroxyl groups is 1. The second kappa shape index (κ2) is 8.87.